The molecule has 222 valence electrons. The van der Waals surface area contributed by atoms with Crippen LogP contribution in [0.5, 0.6) is 5.75 Å². The van der Waals surface area contributed by atoms with Crippen molar-refractivity contribution in [2.24, 2.45) is 0 Å². The fourth-order valence-electron chi connectivity index (χ4n) is 5.08. The molecule has 0 saturated carbocycles. The molecule has 1 aromatic heterocycles. The average Bonchev–Trinajstić information content (AvgIpc) is 3.36. The van der Waals surface area contributed by atoms with Crippen LogP contribution in [0.3, 0.4) is 0 Å². The number of hydrogen-bond acceptors (Lipinski definition) is 7. The first kappa shape index (κ1) is 29.7. The normalized spacial score (nSPS) is 23.4. The average molecular weight is 575 g/mol. The van der Waals surface area contributed by atoms with Gasteiger partial charge in [-0.1, -0.05) is 36.4 Å². The van der Waals surface area contributed by atoms with Crippen molar-refractivity contribution in [3.05, 3.63) is 59.9 Å². The van der Waals surface area contributed by atoms with E-state index in [1.807, 2.05) is 71.0 Å². The van der Waals surface area contributed by atoms with Gasteiger partial charge in [0.15, 0.2) is 11.3 Å². The van der Waals surface area contributed by atoms with E-state index in [0.717, 1.165) is 11.0 Å². The minimum absolute atomic E-state index is 0.0778. The Labute approximate surface area is 246 Å². The van der Waals surface area contributed by atoms with Crippen LogP contribution in [0.25, 0.3) is 11.0 Å². The predicted octanol–water partition coefficient (Wildman–Crippen LogP) is 3.34. The van der Waals surface area contributed by atoms with E-state index in [1.54, 1.807) is 33.2 Å². The van der Waals surface area contributed by atoms with Gasteiger partial charge in [0.2, 0.25) is 17.6 Å². The van der Waals surface area contributed by atoms with Crippen molar-refractivity contribution in [1.29, 1.82) is 0 Å². The number of carbonyl (C=O) groups excluding carboxylic acids is 3. The summed E-state index contributed by atoms with van der Waals surface area (Å²) in [6, 6.07) is 14.5. The van der Waals surface area contributed by atoms with Gasteiger partial charge < -0.3 is 34.0 Å². The molecule has 3 atom stereocenters. The molecule has 3 amide bonds. The number of nitrogens with one attached hydrogen (secondary N) is 2. The van der Waals surface area contributed by atoms with Crippen LogP contribution in [0.1, 0.15) is 70.1 Å². The molecule has 10 nitrogen and oxygen atoms in total. The highest BCUT2D eigenvalue weighted by atomic mass is 16.7. The number of carbonyl (C=O) groups is 3. The van der Waals surface area contributed by atoms with Gasteiger partial charge in [-0.05, 0) is 64.7 Å². The van der Waals surface area contributed by atoms with Crippen LogP contribution in [0.4, 0.5) is 0 Å². The summed E-state index contributed by atoms with van der Waals surface area (Å²) in [5.41, 5.74) is -0.625. The highest BCUT2D eigenvalue weighted by Gasteiger charge is 2.52. The maximum atomic E-state index is 13.8. The van der Waals surface area contributed by atoms with Gasteiger partial charge in [0, 0.05) is 14.1 Å². The molecule has 0 aliphatic carbocycles. The summed E-state index contributed by atoms with van der Waals surface area (Å²) in [5, 5.41) is 6.34. The number of rotatable bonds is 6. The van der Waals surface area contributed by atoms with Crippen molar-refractivity contribution < 1.29 is 32.8 Å². The molecule has 42 heavy (non-hydrogen) atoms. The van der Waals surface area contributed by atoms with Gasteiger partial charge in [-0.25, -0.2) is 0 Å². The van der Waals surface area contributed by atoms with Gasteiger partial charge in [0.05, 0.1) is 29.1 Å². The van der Waals surface area contributed by atoms with Crippen molar-refractivity contribution in [2.45, 2.75) is 76.9 Å². The van der Waals surface area contributed by atoms with Crippen LogP contribution in [0.15, 0.2) is 52.9 Å². The fourth-order valence-corrected chi connectivity index (χ4v) is 5.08. The van der Waals surface area contributed by atoms with E-state index < -0.39 is 41.8 Å². The van der Waals surface area contributed by atoms with Gasteiger partial charge in [-0.15, -0.1) is 0 Å². The van der Waals surface area contributed by atoms with Crippen molar-refractivity contribution in [1.82, 2.24) is 15.5 Å². The molecule has 11 heteroatoms. The largest absolute Gasteiger partial charge is 0.494 e. The molecule has 2 aromatic carbocycles. The number of ether oxygens (including phenoxy) is 1. The standard InChI is InChI=1S/C31H38BN3O7/c1-18(19-12-10-9-11-13-19)33-28(38)31(6)23(17-24(36)35(7)8)40-25-21-15-14-20(16-22(21)39-26(25)27(37)34-31)32-41-29(2,3)30(4,5)42-32/h9-16,18,23H,17H2,1-8H3,(H,33,38)(H,34,37)/t18-,23?,31?/m0/s1. The summed E-state index contributed by atoms with van der Waals surface area (Å²) >= 11 is 0. The Hall–Kier alpha value is -3.83. The van der Waals surface area contributed by atoms with Gasteiger partial charge in [-0.3, -0.25) is 14.4 Å². The second-order valence-electron chi connectivity index (χ2n) is 12.5. The number of nitrogens with zero attached hydrogens (tertiary/aromatic N) is 1. The number of furan rings is 1. The summed E-state index contributed by atoms with van der Waals surface area (Å²) < 4.78 is 24.8. The summed E-state index contributed by atoms with van der Waals surface area (Å²) in [4.78, 5) is 41.8. The second-order valence-corrected chi connectivity index (χ2v) is 12.5. The zero-order valence-corrected chi connectivity index (χ0v) is 25.4. The van der Waals surface area contributed by atoms with Crippen LogP contribution in [0, 0.1) is 0 Å². The molecule has 2 N–H and O–H groups in total. The fraction of sp³-hybridized carbons (Fsp3) is 0.452. The smallest absolute Gasteiger partial charge is 0.482 e. The van der Waals surface area contributed by atoms with E-state index in [2.05, 4.69) is 10.6 Å². The van der Waals surface area contributed by atoms with Crippen molar-refractivity contribution in [2.75, 3.05) is 14.1 Å². The van der Waals surface area contributed by atoms with E-state index in [9.17, 15) is 14.4 Å². The summed E-state index contributed by atoms with van der Waals surface area (Å²) in [6.07, 6.45) is -1.20. The Kier molecular flexibility index (Phi) is 7.39. The van der Waals surface area contributed by atoms with E-state index in [4.69, 9.17) is 18.5 Å². The number of amides is 3. The van der Waals surface area contributed by atoms with Crippen LogP contribution in [0.2, 0.25) is 0 Å². The predicted molar refractivity (Wildman–Crippen MR) is 159 cm³/mol. The SMILES string of the molecule is C[C@H](NC(=O)C1(C)NC(=O)c2oc3cc(B4OC(C)(C)C(C)(C)O4)ccc3c2OC1CC(=O)N(C)C)c1ccccc1. The monoisotopic (exact) mass is 575 g/mol. The van der Waals surface area contributed by atoms with Crippen LogP contribution in [-0.4, -0.2) is 66.7 Å². The van der Waals surface area contributed by atoms with E-state index >= 15 is 0 Å². The lowest BCUT2D eigenvalue weighted by Gasteiger charge is -2.36. The van der Waals surface area contributed by atoms with E-state index in [1.165, 1.54) is 4.90 Å². The number of fused-ring (bicyclic) bond motifs is 3. The van der Waals surface area contributed by atoms with Gasteiger partial charge in [0.1, 0.15) is 11.7 Å². The van der Waals surface area contributed by atoms with Crippen molar-refractivity contribution in [3.8, 4) is 5.75 Å². The molecule has 0 spiro atoms. The molecule has 5 rings (SSSR count). The van der Waals surface area contributed by atoms with Crippen LogP contribution in [-0.2, 0) is 18.9 Å². The third-order valence-corrected chi connectivity index (χ3v) is 8.66. The lowest BCUT2D eigenvalue weighted by Crippen LogP contribution is -2.64. The van der Waals surface area contributed by atoms with Crippen molar-refractivity contribution in [3.63, 3.8) is 0 Å². The first-order valence-corrected chi connectivity index (χ1v) is 14.1. The Morgan fingerprint density at radius 1 is 1.02 bits per heavy atom. The van der Waals surface area contributed by atoms with E-state index in [-0.39, 0.29) is 29.9 Å². The van der Waals surface area contributed by atoms with Gasteiger partial charge >= 0.3 is 7.12 Å². The van der Waals surface area contributed by atoms with E-state index in [0.29, 0.717) is 11.0 Å². The minimum Gasteiger partial charge on any atom is -0.482 e. The number of hydrogen-bond donors (Lipinski definition) is 2. The highest BCUT2D eigenvalue weighted by Crippen LogP contribution is 2.40. The lowest BCUT2D eigenvalue weighted by atomic mass is 9.79. The zero-order valence-electron chi connectivity index (χ0n) is 25.4. The molecule has 2 aliphatic heterocycles. The molecule has 1 fully saturated rings. The first-order valence-electron chi connectivity index (χ1n) is 14.1. The second kappa shape index (κ2) is 10.5. The van der Waals surface area contributed by atoms with Crippen LogP contribution < -0.4 is 20.8 Å². The molecule has 3 heterocycles. The maximum Gasteiger partial charge on any atom is 0.494 e. The Morgan fingerprint density at radius 2 is 1.67 bits per heavy atom. The lowest BCUT2D eigenvalue weighted by molar-refractivity contribution is -0.135. The Balaban J connectivity index is 1.49. The molecule has 0 radical (unpaired) electrons. The van der Waals surface area contributed by atoms with Crippen LogP contribution >= 0.6 is 0 Å². The molecule has 2 aliphatic rings. The quantitative estimate of drug-likeness (QED) is 0.433. The molecule has 0 bridgehead atoms. The highest BCUT2D eigenvalue weighted by molar-refractivity contribution is 6.62. The summed E-state index contributed by atoms with van der Waals surface area (Å²) in [5.74, 6) is -1.27. The van der Waals surface area contributed by atoms with Crippen molar-refractivity contribution >= 4 is 41.3 Å². The first-order chi connectivity index (χ1) is 19.6. The topological polar surface area (TPSA) is 119 Å². The molecular weight excluding hydrogens is 537 g/mol. The number of benzene rings is 2. The van der Waals surface area contributed by atoms with Gasteiger partial charge in [-0.2, -0.15) is 0 Å². The summed E-state index contributed by atoms with van der Waals surface area (Å²) in [6.45, 7) is 11.3. The molecule has 3 aromatic rings. The summed E-state index contributed by atoms with van der Waals surface area (Å²) in [7, 11) is 2.63. The van der Waals surface area contributed by atoms with Gasteiger partial charge in [0.25, 0.3) is 5.91 Å². The zero-order chi connectivity index (χ0) is 30.6. The third-order valence-electron chi connectivity index (χ3n) is 8.66. The Morgan fingerprint density at radius 3 is 2.29 bits per heavy atom. The maximum absolute atomic E-state index is 13.8. The molecule has 2 unspecified atom stereocenters. The Bertz CT molecular complexity index is 1520. The molecular formula is C31H38BN3O7. The third kappa shape index (κ3) is 5.16. The minimum atomic E-state index is -1.59. The molecule has 1 saturated heterocycles.